The molecule has 0 radical (unpaired) electrons. The van der Waals surface area contributed by atoms with E-state index in [2.05, 4.69) is 10.6 Å². The summed E-state index contributed by atoms with van der Waals surface area (Å²) in [5.74, 6) is 0.119. The van der Waals surface area contributed by atoms with E-state index in [0.717, 1.165) is 11.1 Å². The van der Waals surface area contributed by atoms with E-state index >= 15 is 0 Å². The summed E-state index contributed by atoms with van der Waals surface area (Å²) in [6.45, 7) is 2.63. The van der Waals surface area contributed by atoms with Gasteiger partial charge in [0.2, 0.25) is 0 Å². The molecule has 0 bridgehead atoms. The predicted molar refractivity (Wildman–Crippen MR) is 101 cm³/mol. The summed E-state index contributed by atoms with van der Waals surface area (Å²) in [7, 11) is 3.43. The standard InChI is InChI=1S/C20H25N3O3/c1-14-7-8-18(24)17(11-14)13-22-20(26)21-10-9-15-5-4-6-16(12-15)19(25)23(2)3/h4-8,11-12,24H,9-10,13H2,1-3H3,(H2,21,22,26). The topological polar surface area (TPSA) is 81.7 Å². The van der Waals surface area contributed by atoms with Crippen molar-refractivity contribution in [2.45, 2.75) is 19.9 Å². The van der Waals surface area contributed by atoms with Crippen molar-refractivity contribution >= 4 is 11.9 Å². The minimum Gasteiger partial charge on any atom is -0.508 e. The predicted octanol–water partition coefficient (Wildman–Crippen LogP) is 2.44. The fraction of sp³-hybridized carbons (Fsp3) is 0.300. The van der Waals surface area contributed by atoms with Crippen LogP contribution < -0.4 is 10.6 Å². The number of carbonyl (C=O) groups excluding carboxylic acids is 2. The highest BCUT2D eigenvalue weighted by Crippen LogP contribution is 2.17. The molecule has 0 atom stereocenters. The molecule has 0 unspecified atom stereocenters. The average molecular weight is 355 g/mol. The lowest BCUT2D eigenvalue weighted by molar-refractivity contribution is 0.0827. The van der Waals surface area contributed by atoms with Gasteiger partial charge in [-0.25, -0.2) is 4.79 Å². The van der Waals surface area contributed by atoms with Gasteiger partial charge in [-0.1, -0.05) is 29.8 Å². The second-order valence-electron chi connectivity index (χ2n) is 6.39. The van der Waals surface area contributed by atoms with Crippen molar-refractivity contribution in [2.75, 3.05) is 20.6 Å². The van der Waals surface area contributed by atoms with Crippen LogP contribution in [-0.2, 0) is 13.0 Å². The van der Waals surface area contributed by atoms with Gasteiger partial charge in [0.15, 0.2) is 0 Å². The van der Waals surface area contributed by atoms with Crippen LogP contribution in [0.2, 0.25) is 0 Å². The van der Waals surface area contributed by atoms with Gasteiger partial charge < -0.3 is 20.6 Å². The van der Waals surface area contributed by atoms with Gasteiger partial charge >= 0.3 is 6.03 Å². The molecule has 0 aliphatic heterocycles. The first kappa shape index (κ1) is 19.3. The van der Waals surface area contributed by atoms with Crippen LogP contribution in [0, 0.1) is 6.92 Å². The van der Waals surface area contributed by atoms with Gasteiger partial charge in [0, 0.05) is 38.3 Å². The number of carbonyl (C=O) groups is 2. The molecule has 138 valence electrons. The SMILES string of the molecule is Cc1ccc(O)c(CNC(=O)NCCc2cccc(C(=O)N(C)C)c2)c1. The number of nitrogens with zero attached hydrogens (tertiary/aromatic N) is 1. The third-order valence-corrected chi connectivity index (χ3v) is 3.95. The number of aromatic hydroxyl groups is 1. The van der Waals surface area contributed by atoms with Crippen LogP contribution in [0.5, 0.6) is 5.75 Å². The Balaban J connectivity index is 1.80. The number of aryl methyl sites for hydroxylation is 1. The van der Waals surface area contributed by atoms with E-state index in [0.29, 0.717) is 24.1 Å². The molecule has 6 nitrogen and oxygen atoms in total. The molecule has 3 N–H and O–H groups in total. The molecule has 3 amide bonds. The van der Waals surface area contributed by atoms with Crippen LogP contribution in [0.25, 0.3) is 0 Å². The van der Waals surface area contributed by atoms with Crippen molar-refractivity contribution in [3.63, 3.8) is 0 Å². The van der Waals surface area contributed by atoms with Gasteiger partial charge in [-0.15, -0.1) is 0 Å². The molecular weight excluding hydrogens is 330 g/mol. The van der Waals surface area contributed by atoms with Crippen LogP contribution in [0.15, 0.2) is 42.5 Å². The highest BCUT2D eigenvalue weighted by molar-refractivity contribution is 5.94. The summed E-state index contributed by atoms with van der Waals surface area (Å²) in [6, 6.07) is 12.4. The normalized spacial score (nSPS) is 10.3. The number of phenols is 1. The molecule has 6 heteroatoms. The van der Waals surface area contributed by atoms with Crippen molar-refractivity contribution in [1.29, 1.82) is 0 Å². The smallest absolute Gasteiger partial charge is 0.315 e. The quantitative estimate of drug-likeness (QED) is 0.744. The largest absolute Gasteiger partial charge is 0.508 e. The fourth-order valence-corrected chi connectivity index (χ4v) is 2.53. The lowest BCUT2D eigenvalue weighted by Gasteiger charge is -2.12. The fourth-order valence-electron chi connectivity index (χ4n) is 2.53. The van der Waals surface area contributed by atoms with E-state index < -0.39 is 0 Å². The van der Waals surface area contributed by atoms with E-state index in [9.17, 15) is 14.7 Å². The summed E-state index contributed by atoms with van der Waals surface area (Å²) < 4.78 is 0. The molecule has 0 saturated carbocycles. The number of phenolic OH excluding ortho intramolecular Hbond substituents is 1. The van der Waals surface area contributed by atoms with E-state index in [1.54, 1.807) is 26.2 Å². The first-order valence-electron chi connectivity index (χ1n) is 8.47. The minimum atomic E-state index is -0.300. The highest BCUT2D eigenvalue weighted by atomic mass is 16.3. The van der Waals surface area contributed by atoms with Gasteiger partial charge in [0.1, 0.15) is 5.75 Å². The summed E-state index contributed by atoms with van der Waals surface area (Å²) in [4.78, 5) is 25.4. The summed E-state index contributed by atoms with van der Waals surface area (Å²) >= 11 is 0. The summed E-state index contributed by atoms with van der Waals surface area (Å²) in [5, 5.41) is 15.3. The molecule has 0 aromatic heterocycles. The molecule has 0 fully saturated rings. The lowest BCUT2D eigenvalue weighted by atomic mass is 10.1. The van der Waals surface area contributed by atoms with Crippen molar-refractivity contribution in [1.82, 2.24) is 15.5 Å². The molecule has 0 saturated heterocycles. The number of hydrogen-bond donors (Lipinski definition) is 3. The highest BCUT2D eigenvalue weighted by Gasteiger charge is 2.08. The van der Waals surface area contributed by atoms with Crippen molar-refractivity contribution in [2.24, 2.45) is 0 Å². The van der Waals surface area contributed by atoms with Crippen LogP contribution in [-0.4, -0.2) is 42.6 Å². The number of hydrogen-bond acceptors (Lipinski definition) is 3. The van der Waals surface area contributed by atoms with Gasteiger partial charge in [-0.2, -0.15) is 0 Å². The Morgan fingerprint density at radius 3 is 2.58 bits per heavy atom. The van der Waals surface area contributed by atoms with Crippen molar-refractivity contribution < 1.29 is 14.7 Å². The van der Waals surface area contributed by atoms with Gasteiger partial charge in [0.05, 0.1) is 0 Å². The van der Waals surface area contributed by atoms with E-state index in [-0.39, 0.29) is 24.2 Å². The number of nitrogens with one attached hydrogen (secondary N) is 2. The van der Waals surface area contributed by atoms with E-state index in [1.807, 2.05) is 37.3 Å². The van der Waals surface area contributed by atoms with Gasteiger partial charge in [0.25, 0.3) is 5.91 Å². The Morgan fingerprint density at radius 1 is 1.08 bits per heavy atom. The van der Waals surface area contributed by atoms with Crippen LogP contribution in [0.3, 0.4) is 0 Å². The van der Waals surface area contributed by atoms with E-state index in [1.165, 1.54) is 4.90 Å². The molecule has 2 aromatic carbocycles. The number of rotatable bonds is 6. The van der Waals surface area contributed by atoms with Crippen LogP contribution >= 0.6 is 0 Å². The summed E-state index contributed by atoms with van der Waals surface area (Å²) in [5.41, 5.74) is 3.31. The Hall–Kier alpha value is -3.02. The third kappa shape index (κ3) is 5.51. The third-order valence-electron chi connectivity index (χ3n) is 3.95. The van der Waals surface area contributed by atoms with Gasteiger partial charge in [-0.05, 0) is 37.1 Å². The lowest BCUT2D eigenvalue weighted by Crippen LogP contribution is -2.36. The molecule has 2 aromatic rings. The Bertz CT molecular complexity index is 788. The average Bonchev–Trinajstić information content (AvgIpc) is 2.62. The molecule has 2 rings (SSSR count). The zero-order chi connectivity index (χ0) is 19.1. The molecule has 0 heterocycles. The monoisotopic (exact) mass is 355 g/mol. The maximum absolute atomic E-state index is 12.0. The number of urea groups is 1. The van der Waals surface area contributed by atoms with Gasteiger partial charge in [-0.3, -0.25) is 4.79 Å². The Kier molecular flexibility index (Phi) is 6.60. The number of amides is 3. The number of benzene rings is 2. The maximum atomic E-state index is 12.0. The first-order valence-corrected chi connectivity index (χ1v) is 8.47. The summed E-state index contributed by atoms with van der Waals surface area (Å²) in [6.07, 6.45) is 0.623. The minimum absolute atomic E-state index is 0.0458. The first-order chi connectivity index (χ1) is 12.4. The van der Waals surface area contributed by atoms with Crippen molar-refractivity contribution in [3.8, 4) is 5.75 Å². The second-order valence-corrected chi connectivity index (χ2v) is 6.39. The van der Waals surface area contributed by atoms with Crippen molar-refractivity contribution in [3.05, 3.63) is 64.7 Å². The second kappa shape index (κ2) is 8.89. The molecule has 26 heavy (non-hydrogen) atoms. The molecule has 0 aliphatic carbocycles. The van der Waals surface area contributed by atoms with Crippen LogP contribution in [0.4, 0.5) is 4.79 Å². The maximum Gasteiger partial charge on any atom is 0.315 e. The van der Waals surface area contributed by atoms with E-state index in [4.69, 9.17) is 0 Å². The molecular formula is C20H25N3O3. The zero-order valence-corrected chi connectivity index (χ0v) is 15.4. The molecule has 0 spiro atoms. The zero-order valence-electron chi connectivity index (χ0n) is 15.4. The Labute approximate surface area is 153 Å². The molecule has 0 aliphatic rings. The van der Waals surface area contributed by atoms with Crippen LogP contribution in [0.1, 0.15) is 27.0 Å². The Morgan fingerprint density at radius 2 is 1.85 bits per heavy atom.